The summed E-state index contributed by atoms with van der Waals surface area (Å²) in [6.07, 6.45) is 2.10. The van der Waals surface area contributed by atoms with E-state index < -0.39 is 0 Å². The lowest BCUT2D eigenvalue weighted by Gasteiger charge is -2.29. The highest BCUT2D eigenvalue weighted by Gasteiger charge is 2.23. The molecule has 0 spiro atoms. The molecule has 1 amide bonds. The molecule has 3 heterocycles. The highest BCUT2D eigenvalue weighted by molar-refractivity contribution is 7.15. The van der Waals surface area contributed by atoms with E-state index in [2.05, 4.69) is 45.9 Å². The number of H-pyrrole nitrogens is 1. The van der Waals surface area contributed by atoms with Crippen LogP contribution >= 0.6 is 11.3 Å². The number of fused-ring (bicyclic) bond motifs is 2. The van der Waals surface area contributed by atoms with Gasteiger partial charge in [0.05, 0.1) is 16.8 Å². The van der Waals surface area contributed by atoms with E-state index in [1.165, 1.54) is 11.3 Å². The molecule has 8 heteroatoms. The second-order valence-corrected chi connectivity index (χ2v) is 9.59. The van der Waals surface area contributed by atoms with Crippen molar-refractivity contribution in [2.45, 2.75) is 40.2 Å². The number of rotatable bonds is 4. The number of thiazole rings is 1. The minimum absolute atomic E-state index is 0.215. The fourth-order valence-electron chi connectivity index (χ4n) is 3.39. The van der Waals surface area contributed by atoms with Crippen LogP contribution in [0.5, 0.6) is 0 Å². The number of para-hydroxylation sites is 1. The summed E-state index contributed by atoms with van der Waals surface area (Å²) < 4.78 is 0. The minimum atomic E-state index is -0.215. The first-order valence-corrected chi connectivity index (χ1v) is 10.4. The molecule has 0 saturated carbocycles. The van der Waals surface area contributed by atoms with Gasteiger partial charge < -0.3 is 10.7 Å². The van der Waals surface area contributed by atoms with E-state index in [1.807, 2.05) is 12.1 Å². The Bertz CT molecular complexity index is 1020. The number of carbonyl (C=O) groups excluding carboxylic acids is 1. The number of anilines is 2. The molecule has 4 rings (SSSR count). The number of hydrogen-bond acceptors (Lipinski definition) is 6. The fraction of sp³-hybridized carbons (Fsp3) is 0.450. The minimum Gasteiger partial charge on any atom is -0.369 e. The Kier molecular flexibility index (Phi) is 4.84. The molecule has 0 bridgehead atoms. The maximum Gasteiger partial charge on any atom is 0.259 e. The number of aromatic nitrogens is 3. The Morgan fingerprint density at radius 1 is 1.36 bits per heavy atom. The Morgan fingerprint density at radius 2 is 2.18 bits per heavy atom. The van der Waals surface area contributed by atoms with Crippen molar-refractivity contribution in [1.29, 1.82) is 0 Å². The summed E-state index contributed by atoms with van der Waals surface area (Å²) in [5.41, 5.74) is 8.99. The summed E-state index contributed by atoms with van der Waals surface area (Å²) in [6, 6.07) is 5.41. The third-order valence-corrected chi connectivity index (χ3v) is 5.98. The van der Waals surface area contributed by atoms with Crippen LogP contribution in [0.1, 0.15) is 48.1 Å². The molecule has 1 aromatic carbocycles. The summed E-state index contributed by atoms with van der Waals surface area (Å²) >= 11 is 1.57. The molecule has 1 aliphatic rings. The lowest BCUT2D eigenvalue weighted by Crippen LogP contribution is -2.32. The predicted molar refractivity (Wildman–Crippen MR) is 114 cm³/mol. The topological polar surface area (TPSA) is 99.9 Å². The molecule has 0 fully saturated rings. The number of imidazole rings is 1. The van der Waals surface area contributed by atoms with Crippen molar-refractivity contribution in [3.8, 4) is 0 Å². The van der Waals surface area contributed by atoms with Crippen LogP contribution in [-0.2, 0) is 13.0 Å². The van der Waals surface area contributed by atoms with Gasteiger partial charge >= 0.3 is 0 Å². The molecule has 3 aromatic rings. The molecule has 4 N–H and O–H groups in total. The summed E-state index contributed by atoms with van der Waals surface area (Å²) in [5.74, 6) is 0.0862. The van der Waals surface area contributed by atoms with Gasteiger partial charge in [-0.05, 0) is 30.5 Å². The number of nitrogens with two attached hydrogens (primary N) is 1. The Balaban J connectivity index is 1.47. The van der Waals surface area contributed by atoms with Crippen molar-refractivity contribution < 1.29 is 4.79 Å². The zero-order valence-electron chi connectivity index (χ0n) is 16.5. The zero-order valence-corrected chi connectivity index (χ0v) is 17.3. The molecule has 1 aliphatic heterocycles. The largest absolute Gasteiger partial charge is 0.369 e. The average Bonchev–Trinajstić information content (AvgIpc) is 3.19. The molecule has 0 atom stereocenters. The fourth-order valence-corrected chi connectivity index (χ4v) is 4.43. The number of amides is 1. The Morgan fingerprint density at radius 3 is 2.96 bits per heavy atom. The number of nitrogens with one attached hydrogen (secondary N) is 2. The quantitative estimate of drug-likeness (QED) is 0.623. The van der Waals surface area contributed by atoms with Crippen LogP contribution in [0, 0.1) is 5.41 Å². The molecular formula is C20H26N6OS. The van der Waals surface area contributed by atoms with Gasteiger partial charge in [0.25, 0.3) is 5.91 Å². The van der Waals surface area contributed by atoms with Crippen molar-refractivity contribution in [2.24, 2.45) is 5.41 Å². The van der Waals surface area contributed by atoms with Crippen LogP contribution in [-0.4, -0.2) is 38.8 Å². The summed E-state index contributed by atoms with van der Waals surface area (Å²) in [7, 11) is 0. The van der Waals surface area contributed by atoms with Gasteiger partial charge in [-0.15, -0.1) is 11.3 Å². The van der Waals surface area contributed by atoms with Gasteiger partial charge in [-0.25, -0.2) is 9.97 Å². The molecule has 7 nitrogen and oxygen atoms in total. The number of benzene rings is 1. The number of aromatic amines is 1. The standard InChI is InChI=1S/C20H26N6OS/c1-20(2,3)8-10-26-9-7-13-15(11-26)28-19(23-13)25-17(27)12-5-4-6-14-16(12)24-18(21)22-14/h4-6H,7-11H2,1-3H3,(H3,21,22,24)(H,23,25,27). The van der Waals surface area contributed by atoms with Crippen molar-refractivity contribution in [3.63, 3.8) is 0 Å². The monoisotopic (exact) mass is 398 g/mol. The van der Waals surface area contributed by atoms with Crippen LogP contribution in [0.25, 0.3) is 11.0 Å². The average molecular weight is 399 g/mol. The maximum absolute atomic E-state index is 12.8. The van der Waals surface area contributed by atoms with E-state index in [4.69, 9.17) is 5.73 Å². The third-order valence-electron chi connectivity index (χ3n) is 4.98. The smallest absolute Gasteiger partial charge is 0.259 e. The van der Waals surface area contributed by atoms with Gasteiger partial charge in [0.15, 0.2) is 11.1 Å². The predicted octanol–water partition coefficient (Wildman–Crippen LogP) is 3.65. The molecular weight excluding hydrogens is 372 g/mol. The van der Waals surface area contributed by atoms with Gasteiger partial charge in [0.1, 0.15) is 5.52 Å². The van der Waals surface area contributed by atoms with E-state index in [0.717, 1.165) is 37.3 Å². The van der Waals surface area contributed by atoms with Gasteiger partial charge in [-0.1, -0.05) is 26.8 Å². The van der Waals surface area contributed by atoms with E-state index in [1.54, 1.807) is 17.4 Å². The Hall–Kier alpha value is -2.45. The SMILES string of the molecule is CC(C)(C)CCN1CCc2nc(NC(=O)c3cccc4[nH]c(N)nc34)sc2C1. The van der Waals surface area contributed by atoms with Gasteiger partial charge in [-0.2, -0.15) is 0 Å². The lowest BCUT2D eigenvalue weighted by atomic mass is 9.92. The van der Waals surface area contributed by atoms with E-state index in [9.17, 15) is 4.79 Å². The summed E-state index contributed by atoms with van der Waals surface area (Å²) in [4.78, 5) is 28.3. The molecule has 2 aromatic heterocycles. The third kappa shape index (κ3) is 4.02. The highest BCUT2D eigenvalue weighted by atomic mass is 32.1. The Labute approximate surface area is 168 Å². The van der Waals surface area contributed by atoms with Crippen LogP contribution in [0.2, 0.25) is 0 Å². The van der Waals surface area contributed by atoms with Gasteiger partial charge in [0.2, 0.25) is 0 Å². The van der Waals surface area contributed by atoms with Crippen molar-refractivity contribution in [1.82, 2.24) is 19.9 Å². The van der Waals surface area contributed by atoms with Crippen LogP contribution in [0.3, 0.4) is 0 Å². The van der Waals surface area contributed by atoms with E-state index in [0.29, 0.717) is 27.6 Å². The number of hydrogen-bond donors (Lipinski definition) is 3. The van der Waals surface area contributed by atoms with Gasteiger partial charge in [0, 0.05) is 24.4 Å². The number of nitrogen functional groups attached to an aromatic ring is 1. The summed E-state index contributed by atoms with van der Waals surface area (Å²) in [6.45, 7) is 9.84. The second-order valence-electron chi connectivity index (χ2n) is 8.50. The molecule has 0 saturated heterocycles. The molecule has 0 aliphatic carbocycles. The number of nitrogens with zero attached hydrogens (tertiary/aromatic N) is 3. The highest BCUT2D eigenvalue weighted by Crippen LogP contribution is 2.30. The maximum atomic E-state index is 12.8. The van der Waals surface area contributed by atoms with Crippen LogP contribution in [0.4, 0.5) is 11.1 Å². The molecule has 148 valence electrons. The van der Waals surface area contributed by atoms with Crippen LogP contribution in [0.15, 0.2) is 18.2 Å². The molecule has 0 unspecified atom stereocenters. The van der Waals surface area contributed by atoms with Crippen molar-refractivity contribution in [2.75, 3.05) is 24.1 Å². The first-order valence-electron chi connectivity index (χ1n) is 9.55. The van der Waals surface area contributed by atoms with Crippen molar-refractivity contribution in [3.05, 3.63) is 34.3 Å². The lowest BCUT2D eigenvalue weighted by molar-refractivity contribution is 0.102. The molecule has 0 radical (unpaired) electrons. The number of carbonyl (C=O) groups is 1. The first kappa shape index (κ1) is 18.9. The van der Waals surface area contributed by atoms with Crippen molar-refractivity contribution >= 4 is 39.4 Å². The van der Waals surface area contributed by atoms with Gasteiger partial charge in [-0.3, -0.25) is 15.0 Å². The summed E-state index contributed by atoms with van der Waals surface area (Å²) in [5, 5.41) is 3.59. The van der Waals surface area contributed by atoms with E-state index in [-0.39, 0.29) is 5.91 Å². The van der Waals surface area contributed by atoms with E-state index >= 15 is 0 Å². The zero-order chi connectivity index (χ0) is 19.9. The molecule has 28 heavy (non-hydrogen) atoms. The second kappa shape index (κ2) is 7.18. The van der Waals surface area contributed by atoms with Crippen LogP contribution < -0.4 is 11.1 Å². The first-order chi connectivity index (χ1) is 13.3. The normalized spacial score (nSPS) is 15.0.